The number of hydrogen-bond acceptors (Lipinski definition) is 3. The summed E-state index contributed by atoms with van der Waals surface area (Å²) in [4.78, 5) is 11.9. The van der Waals surface area contributed by atoms with Crippen molar-refractivity contribution >= 4 is 23.7 Å². The van der Waals surface area contributed by atoms with E-state index in [2.05, 4.69) is 46.3 Å². The lowest BCUT2D eigenvalue weighted by Gasteiger charge is -2.09. The summed E-state index contributed by atoms with van der Waals surface area (Å²) < 4.78 is 7.55. The van der Waals surface area contributed by atoms with Crippen LogP contribution in [0.3, 0.4) is 0 Å². The number of nitrogens with zero attached hydrogens (tertiary/aromatic N) is 2. The molecule has 144 valence electrons. The molecule has 0 aliphatic rings. The Morgan fingerprint density at radius 1 is 1.11 bits per heavy atom. The SMILES string of the molecule is Cc1ccc(-n2c(C)cc(/C=N\NC(=O)COc3ccc(Cl)cc3)c2C)cc1. The molecular formula is C22H22ClN3O2. The van der Waals surface area contributed by atoms with Crippen LogP contribution in [-0.2, 0) is 4.79 Å². The summed E-state index contributed by atoms with van der Waals surface area (Å²) in [6.07, 6.45) is 1.65. The standard InChI is InChI=1S/C22H22ClN3O2/c1-15-4-8-20(9-5-15)26-16(2)12-18(17(26)3)13-24-25-22(27)14-28-21-10-6-19(23)7-11-21/h4-13H,14H2,1-3H3,(H,25,27)/b24-13-. The van der Waals surface area contributed by atoms with E-state index in [-0.39, 0.29) is 12.5 Å². The van der Waals surface area contributed by atoms with Gasteiger partial charge in [-0.25, -0.2) is 5.43 Å². The Bertz CT molecular complexity index is 990. The summed E-state index contributed by atoms with van der Waals surface area (Å²) >= 11 is 5.82. The second-order valence-corrected chi connectivity index (χ2v) is 6.97. The monoisotopic (exact) mass is 395 g/mol. The number of ether oxygens (including phenoxy) is 1. The molecule has 3 aromatic rings. The van der Waals surface area contributed by atoms with Crippen molar-refractivity contribution < 1.29 is 9.53 Å². The van der Waals surface area contributed by atoms with Crippen LogP contribution in [0.15, 0.2) is 59.7 Å². The molecule has 5 nitrogen and oxygen atoms in total. The van der Waals surface area contributed by atoms with E-state index in [1.165, 1.54) is 5.56 Å². The van der Waals surface area contributed by atoms with Crippen molar-refractivity contribution in [1.82, 2.24) is 9.99 Å². The maximum atomic E-state index is 11.9. The van der Waals surface area contributed by atoms with Crippen molar-refractivity contribution in [3.8, 4) is 11.4 Å². The molecule has 0 saturated carbocycles. The lowest BCUT2D eigenvalue weighted by atomic mass is 10.2. The molecule has 0 spiro atoms. The van der Waals surface area contributed by atoms with Crippen molar-refractivity contribution in [3.63, 3.8) is 0 Å². The van der Waals surface area contributed by atoms with Gasteiger partial charge >= 0.3 is 0 Å². The molecule has 0 aliphatic heterocycles. The van der Waals surface area contributed by atoms with E-state index in [9.17, 15) is 4.79 Å². The Morgan fingerprint density at radius 3 is 2.46 bits per heavy atom. The van der Waals surface area contributed by atoms with Crippen LogP contribution in [0, 0.1) is 20.8 Å². The normalized spacial score (nSPS) is 11.0. The van der Waals surface area contributed by atoms with Crippen molar-refractivity contribution in [2.45, 2.75) is 20.8 Å². The predicted molar refractivity (Wildman–Crippen MR) is 113 cm³/mol. The van der Waals surface area contributed by atoms with E-state index in [4.69, 9.17) is 16.3 Å². The van der Waals surface area contributed by atoms with E-state index in [0.29, 0.717) is 10.8 Å². The largest absolute Gasteiger partial charge is 0.484 e. The van der Waals surface area contributed by atoms with Gasteiger partial charge in [-0.2, -0.15) is 5.10 Å². The summed E-state index contributed by atoms with van der Waals surface area (Å²) in [5, 5.41) is 4.67. The number of benzene rings is 2. The van der Waals surface area contributed by atoms with Crippen LogP contribution in [0.5, 0.6) is 5.75 Å². The highest BCUT2D eigenvalue weighted by atomic mass is 35.5. The third-order valence-corrected chi connectivity index (χ3v) is 4.59. The van der Waals surface area contributed by atoms with Gasteiger partial charge in [0.25, 0.3) is 5.91 Å². The topological polar surface area (TPSA) is 55.6 Å². The minimum Gasteiger partial charge on any atom is -0.484 e. The third-order valence-electron chi connectivity index (χ3n) is 4.34. The second-order valence-electron chi connectivity index (χ2n) is 6.53. The number of aromatic nitrogens is 1. The molecule has 0 unspecified atom stereocenters. The molecule has 1 N–H and O–H groups in total. The molecule has 1 amide bonds. The van der Waals surface area contributed by atoms with E-state index >= 15 is 0 Å². The highest BCUT2D eigenvalue weighted by Gasteiger charge is 2.09. The maximum absolute atomic E-state index is 11.9. The van der Waals surface area contributed by atoms with E-state index < -0.39 is 0 Å². The van der Waals surface area contributed by atoms with Gasteiger partial charge < -0.3 is 9.30 Å². The van der Waals surface area contributed by atoms with Gasteiger partial charge in [0.1, 0.15) is 5.75 Å². The van der Waals surface area contributed by atoms with Gasteiger partial charge in [-0.15, -0.1) is 0 Å². The zero-order valence-corrected chi connectivity index (χ0v) is 16.8. The van der Waals surface area contributed by atoms with E-state index in [1.54, 1.807) is 30.5 Å². The first-order chi connectivity index (χ1) is 13.4. The van der Waals surface area contributed by atoms with Gasteiger partial charge in [-0.3, -0.25) is 4.79 Å². The van der Waals surface area contributed by atoms with Crippen molar-refractivity contribution in [3.05, 3.63) is 82.1 Å². The van der Waals surface area contributed by atoms with Crippen molar-refractivity contribution in [1.29, 1.82) is 0 Å². The maximum Gasteiger partial charge on any atom is 0.277 e. The van der Waals surface area contributed by atoms with E-state index in [0.717, 1.165) is 22.6 Å². The second kappa shape index (κ2) is 8.76. The molecule has 0 bridgehead atoms. The number of carbonyl (C=O) groups is 1. The van der Waals surface area contributed by atoms with Gasteiger partial charge in [-0.1, -0.05) is 29.3 Å². The summed E-state index contributed by atoms with van der Waals surface area (Å²) in [6, 6.07) is 17.2. The fraction of sp³-hybridized carbons (Fsp3) is 0.182. The van der Waals surface area contributed by atoms with Crippen molar-refractivity contribution in [2.24, 2.45) is 5.10 Å². The number of nitrogens with one attached hydrogen (secondary N) is 1. The molecule has 6 heteroatoms. The highest BCUT2D eigenvalue weighted by molar-refractivity contribution is 6.30. The Kier molecular flexibility index (Phi) is 6.16. The van der Waals surface area contributed by atoms with Crippen LogP contribution < -0.4 is 10.2 Å². The molecule has 2 aromatic carbocycles. The van der Waals surface area contributed by atoms with Gasteiger partial charge in [0.2, 0.25) is 0 Å². The first-order valence-corrected chi connectivity index (χ1v) is 9.28. The lowest BCUT2D eigenvalue weighted by molar-refractivity contribution is -0.123. The highest BCUT2D eigenvalue weighted by Crippen LogP contribution is 2.20. The summed E-state index contributed by atoms with van der Waals surface area (Å²) in [5.74, 6) is 0.240. The molecule has 0 radical (unpaired) electrons. The van der Waals surface area contributed by atoms with Gasteiger partial charge in [0.05, 0.1) is 6.21 Å². The lowest BCUT2D eigenvalue weighted by Crippen LogP contribution is -2.24. The van der Waals surface area contributed by atoms with Gasteiger partial charge in [-0.05, 0) is 63.2 Å². The fourth-order valence-corrected chi connectivity index (χ4v) is 3.02. The number of halogens is 1. The minimum atomic E-state index is -0.335. The molecule has 0 atom stereocenters. The Labute approximate surface area is 169 Å². The smallest absolute Gasteiger partial charge is 0.277 e. The number of amides is 1. The first-order valence-electron chi connectivity index (χ1n) is 8.90. The number of aryl methyl sites for hydroxylation is 2. The van der Waals surface area contributed by atoms with Crippen LogP contribution in [0.25, 0.3) is 5.69 Å². The van der Waals surface area contributed by atoms with Gasteiger partial charge in [0.15, 0.2) is 6.61 Å². The molecule has 28 heavy (non-hydrogen) atoms. The summed E-state index contributed by atoms with van der Waals surface area (Å²) in [5.41, 5.74) is 7.89. The molecule has 3 rings (SSSR count). The zero-order valence-electron chi connectivity index (χ0n) is 16.1. The first kappa shape index (κ1) is 19.7. The van der Waals surface area contributed by atoms with Crippen molar-refractivity contribution in [2.75, 3.05) is 6.61 Å². The summed E-state index contributed by atoms with van der Waals surface area (Å²) in [6.45, 7) is 6.01. The zero-order chi connectivity index (χ0) is 20.1. The quantitative estimate of drug-likeness (QED) is 0.490. The average Bonchev–Trinajstić information content (AvgIpc) is 2.96. The van der Waals surface area contributed by atoms with E-state index in [1.807, 2.05) is 19.9 Å². The third kappa shape index (κ3) is 4.81. The molecule has 0 saturated heterocycles. The average molecular weight is 396 g/mol. The number of carbonyl (C=O) groups excluding carboxylic acids is 1. The van der Waals surface area contributed by atoms with Crippen LogP contribution in [0.4, 0.5) is 0 Å². The van der Waals surface area contributed by atoms with Crippen LogP contribution >= 0.6 is 11.6 Å². The molecular weight excluding hydrogens is 374 g/mol. The van der Waals surface area contributed by atoms with Crippen LogP contribution in [0.1, 0.15) is 22.5 Å². The molecule has 1 aromatic heterocycles. The van der Waals surface area contributed by atoms with Gasteiger partial charge in [0, 0.05) is 27.7 Å². The Hall–Kier alpha value is -3.05. The minimum absolute atomic E-state index is 0.124. The number of hydrogen-bond donors (Lipinski definition) is 1. The fourth-order valence-electron chi connectivity index (χ4n) is 2.90. The Balaban J connectivity index is 1.61. The summed E-state index contributed by atoms with van der Waals surface area (Å²) in [7, 11) is 0. The van der Waals surface area contributed by atoms with Crippen LogP contribution in [0.2, 0.25) is 5.02 Å². The van der Waals surface area contributed by atoms with Crippen LogP contribution in [-0.4, -0.2) is 23.3 Å². The Morgan fingerprint density at radius 2 is 1.79 bits per heavy atom. The molecule has 0 fully saturated rings. The number of hydrazone groups is 1. The number of rotatable bonds is 6. The predicted octanol–water partition coefficient (Wildman–Crippen LogP) is 4.59. The molecule has 1 heterocycles. The molecule has 0 aliphatic carbocycles.